The minimum Gasteiger partial charge on any atom is -0.229 e. The Hall–Kier alpha value is -0.0500. The fraction of sp³-hybridized carbons (Fsp3) is 0.857. The first-order chi connectivity index (χ1) is 4.62. The van der Waals surface area contributed by atoms with Gasteiger partial charge >= 0.3 is 0 Å². The quantitative estimate of drug-likeness (QED) is 0.541. The summed E-state index contributed by atoms with van der Waals surface area (Å²) in [6, 6.07) is 0. The molecule has 0 aliphatic carbocycles. The summed E-state index contributed by atoms with van der Waals surface area (Å²) >= 11 is 0. The van der Waals surface area contributed by atoms with Crippen molar-refractivity contribution in [1.82, 2.24) is 0 Å². The minimum atomic E-state index is -2.55. The SMILES string of the molecule is O=S1(=O)CCCC1.[CH2]CC. The molecule has 0 amide bonds. The summed E-state index contributed by atoms with van der Waals surface area (Å²) in [6.45, 7) is 5.50. The van der Waals surface area contributed by atoms with Crippen LogP contribution < -0.4 is 0 Å². The highest BCUT2D eigenvalue weighted by Gasteiger charge is 2.16. The van der Waals surface area contributed by atoms with Gasteiger partial charge in [-0.2, -0.15) is 0 Å². The number of hydrogen-bond acceptors (Lipinski definition) is 2. The Morgan fingerprint density at radius 3 is 1.70 bits per heavy atom. The van der Waals surface area contributed by atoms with E-state index in [1.165, 1.54) is 0 Å². The van der Waals surface area contributed by atoms with E-state index >= 15 is 0 Å². The summed E-state index contributed by atoms with van der Waals surface area (Å²) in [5, 5.41) is 0. The lowest BCUT2D eigenvalue weighted by Crippen LogP contribution is -1.98. The zero-order valence-electron chi connectivity index (χ0n) is 6.47. The standard InChI is InChI=1S/C4H8O2S.C3H7/c5-7(6)3-1-2-4-7;1-3-2/h1-4H2;1,3H2,2H3. The van der Waals surface area contributed by atoms with E-state index in [0.717, 1.165) is 19.3 Å². The molecule has 0 bridgehead atoms. The second-order valence-corrected chi connectivity index (χ2v) is 4.66. The Labute approximate surface area is 63.6 Å². The minimum absolute atomic E-state index is 0.424. The third-order valence-corrected chi connectivity index (χ3v) is 2.98. The van der Waals surface area contributed by atoms with E-state index in [0.29, 0.717) is 11.5 Å². The van der Waals surface area contributed by atoms with Crippen LogP contribution in [0.5, 0.6) is 0 Å². The second-order valence-electron chi connectivity index (χ2n) is 2.36. The van der Waals surface area contributed by atoms with Crippen molar-refractivity contribution < 1.29 is 8.42 Å². The first kappa shape index (κ1) is 9.95. The summed E-state index contributed by atoms with van der Waals surface area (Å²) in [5.74, 6) is 0.847. The Morgan fingerprint density at radius 1 is 1.30 bits per heavy atom. The molecule has 1 radical (unpaired) electrons. The van der Waals surface area contributed by atoms with Crippen LogP contribution in [0.4, 0.5) is 0 Å². The monoisotopic (exact) mass is 163 g/mol. The molecule has 0 aromatic rings. The van der Waals surface area contributed by atoms with E-state index in [-0.39, 0.29) is 0 Å². The lowest BCUT2D eigenvalue weighted by atomic mass is 10.4. The summed E-state index contributed by atoms with van der Waals surface area (Å²) in [4.78, 5) is 0. The molecule has 0 N–H and O–H groups in total. The predicted octanol–water partition coefficient (Wildman–Crippen LogP) is 1.43. The normalized spacial score (nSPS) is 21.4. The zero-order chi connectivity index (χ0) is 8.04. The van der Waals surface area contributed by atoms with Crippen LogP contribution in [0.2, 0.25) is 0 Å². The highest BCUT2D eigenvalue weighted by molar-refractivity contribution is 7.91. The van der Waals surface area contributed by atoms with Crippen molar-refractivity contribution in [3.8, 4) is 0 Å². The summed E-state index contributed by atoms with van der Waals surface area (Å²) < 4.78 is 20.9. The van der Waals surface area contributed by atoms with Gasteiger partial charge < -0.3 is 0 Å². The van der Waals surface area contributed by atoms with Crippen molar-refractivity contribution in [3.05, 3.63) is 6.92 Å². The summed E-state index contributed by atoms with van der Waals surface area (Å²) in [5.41, 5.74) is 0. The van der Waals surface area contributed by atoms with E-state index in [2.05, 4.69) is 6.92 Å². The van der Waals surface area contributed by atoms with Gasteiger partial charge in [-0.1, -0.05) is 20.3 Å². The molecule has 0 aromatic carbocycles. The van der Waals surface area contributed by atoms with Crippen molar-refractivity contribution in [2.45, 2.75) is 26.2 Å². The third kappa shape index (κ3) is 4.79. The van der Waals surface area contributed by atoms with Crippen LogP contribution in [0.15, 0.2) is 0 Å². The smallest absolute Gasteiger partial charge is 0.150 e. The summed E-state index contributed by atoms with van der Waals surface area (Å²) in [7, 11) is -2.55. The third-order valence-electron chi connectivity index (χ3n) is 1.16. The van der Waals surface area contributed by atoms with Crippen molar-refractivity contribution in [2.24, 2.45) is 0 Å². The molecule has 61 valence electrons. The average Bonchev–Trinajstić information content (AvgIpc) is 2.16. The van der Waals surface area contributed by atoms with Gasteiger partial charge in [0.25, 0.3) is 0 Å². The van der Waals surface area contributed by atoms with Gasteiger partial charge in [0, 0.05) is 0 Å². The van der Waals surface area contributed by atoms with Crippen LogP contribution in [0, 0.1) is 6.92 Å². The molecule has 0 unspecified atom stereocenters. The van der Waals surface area contributed by atoms with Crippen LogP contribution >= 0.6 is 0 Å². The van der Waals surface area contributed by atoms with E-state index in [1.807, 2.05) is 6.92 Å². The lowest BCUT2D eigenvalue weighted by Gasteiger charge is -1.81. The van der Waals surface area contributed by atoms with Gasteiger partial charge in [0.15, 0.2) is 0 Å². The molecular formula is C7H15O2S. The van der Waals surface area contributed by atoms with Crippen molar-refractivity contribution >= 4 is 9.84 Å². The zero-order valence-corrected chi connectivity index (χ0v) is 7.28. The van der Waals surface area contributed by atoms with Gasteiger partial charge in [-0.25, -0.2) is 8.42 Å². The van der Waals surface area contributed by atoms with Crippen LogP contribution in [0.25, 0.3) is 0 Å². The van der Waals surface area contributed by atoms with Crippen molar-refractivity contribution in [3.63, 3.8) is 0 Å². The Balaban J connectivity index is 0.000000236. The topological polar surface area (TPSA) is 34.1 Å². The Morgan fingerprint density at radius 2 is 1.60 bits per heavy atom. The molecule has 1 fully saturated rings. The fourth-order valence-electron chi connectivity index (χ4n) is 0.746. The first-order valence-electron chi connectivity index (χ1n) is 3.62. The molecule has 2 nitrogen and oxygen atoms in total. The van der Waals surface area contributed by atoms with E-state index in [1.54, 1.807) is 0 Å². The number of sulfone groups is 1. The fourth-order valence-corrected chi connectivity index (χ4v) is 2.24. The Bertz CT molecular complexity index is 146. The first-order valence-corrected chi connectivity index (χ1v) is 5.44. The van der Waals surface area contributed by atoms with Crippen LogP contribution in [0.3, 0.4) is 0 Å². The van der Waals surface area contributed by atoms with Crippen LogP contribution in [0.1, 0.15) is 26.2 Å². The highest BCUT2D eigenvalue weighted by Crippen LogP contribution is 2.08. The lowest BCUT2D eigenvalue weighted by molar-refractivity contribution is 0.602. The molecular weight excluding hydrogens is 148 g/mol. The average molecular weight is 163 g/mol. The highest BCUT2D eigenvalue weighted by atomic mass is 32.2. The van der Waals surface area contributed by atoms with Crippen LogP contribution in [-0.2, 0) is 9.84 Å². The van der Waals surface area contributed by atoms with Crippen LogP contribution in [-0.4, -0.2) is 19.9 Å². The van der Waals surface area contributed by atoms with E-state index in [4.69, 9.17) is 0 Å². The second kappa shape index (κ2) is 4.72. The molecule has 1 aliphatic heterocycles. The van der Waals surface area contributed by atoms with Gasteiger partial charge in [-0.05, 0) is 12.8 Å². The number of hydrogen-bond donors (Lipinski definition) is 0. The molecule has 0 spiro atoms. The van der Waals surface area contributed by atoms with Gasteiger partial charge in [-0.15, -0.1) is 0 Å². The molecule has 1 heterocycles. The Kier molecular flexibility index (Phi) is 4.69. The maximum Gasteiger partial charge on any atom is 0.150 e. The van der Waals surface area contributed by atoms with Crippen molar-refractivity contribution in [2.75, 3.05) is 11.5 Å². The number of rotatable bonds is 0. The van der Waals surface area contributed by atoms with Crippen molar-refractivity contribution in [1.29, 1.82) is 0 Å². The maximum absolute atomic E-state index is 10.4. The molecule has 0 aromatic heterocycles. The van der Waals surface area contributed by atoms with Gasteiger partial charge in [0.1, 0.15) is 9.84 Å². The van der Waals surface area contributed by atoms with E-state index in [9.17, 15) is 8.42 Å². The molecule has 3 heteroatoms. The van der Waals surface area contributed by atoms with Gasteiger partial charge in [-0.3, -0.25) is 0 Å². The molecule has 1 aliphatic rings. The van der Waals surface area contributed by atoms with Gasteiger partial charge in [0.05, 0.1) is 11.5 Å². The predicted molar refractivity (Wildman–Crippen MR) is 43.5 cm³/mol. The molecule has 10 heavy (non-hydrogen) atoms. The maximum atomic E-state index is 10.4. The molecule has 1 rings (SSSR count). The molecule has 0 atom stereocenters. The summed E-state index contributed by atoms with van der Waals surface area (Å²) in [6.07, 6.45) is 2.75. The molecule has 0 saturated carbocycles. The largest absolute Gasteiger partial charge is 0.229 e. The van der Waals surface area contributed by atoms with E-state index < -0.39 is 9.84 Å². The molecule has 1 saturated heterocycles. The van der Waals surface area contributed by atoms with Gasteiger partial charge in [0.2, 0.25) is 0 Å².